The minimum atomic E-state index is 0.0311. The highest BCUT2D eigenvalue weighted by Crippen LogP contribution is 2.11. The quantitative estimate of drug-likeness (QED) is 0.773. The molecule has 1 amide bonds. The van der Waals surface area contributed by atoms with Crippen LogP contribution < -0.4 is 5.32 Å². The number of amides is 1. The lowest BCUT2D eigenvalue weighted by Gasteiger charge is -2.04. The molecule has 0 spiro atoms. The molecular formula is C14H15N5OS. The monoisotopic (exact) mass is 301 g/mol. The van der Waals surface area contributed by atoms with Gasteiger partial charge in [0.15, 0.2) is 0 Å². The molecule has 108 valence electrons. The zero-order chi connectivity index (χ0) is 14.7. The normalized spacial score (nSPS) is 10.9. The van der Waals surface area contributed by atoms with Crippen molar-refractivity contribution in [3.05, 3.63) is 46.7 Å². The molecule has 21 heavy (non-hydrogen) atoms. The van der Waals surface area contributed by atoms with E-state index in [1.807, 2.05) is 31.2 Å². The van der Waals surface area contributed by atoms with Gasteiger partial charge in [0.05, 0.1) is 6.42 Å². The summed E-state index contributed by atoms with van der Waals surface area (Å²) in [5.74, 6) is 0.0311. The Bertz CT molecular complexity index is 735. The van der Waals surface area contributed by atoms with Gasteiger partial charge in [-0.1, -0.05) is 41.2 Å². The number of hydrogen-bond donors (Lipinski definition) is 1. The number of carbonyl (C=O) groups excluding carboxylic acids is 1. The summed E-state index contributed by atoms with van der Waals surface area (Å²) < 4.78 is 1.65. The van der Waals surface area contributed by atoms with Crippen molar-refractivity contribution >= 4 is 22.2 Å². The van der Waals surface area contributed by atoms with Gasteiger partial charge in [-0.05, 0) is 12.5 Å². The second-order valence-corrected chi connectivity index (χ2v) is 5.86. The van der Waals surface area contributed by atoms with Crippen molar-refractivity contribution in [3.63, 3.8) is 0 Å². The molecule has 0 atom stereocenters. The molecule has 0 fully saturated rings. The summed E-state index contributed by atoms with van der Waals surface area (Å²) in [6, 6.07) is 7.99. The highest BCUT2D eigenvalue weighted by atomic mass is 32.1. The zero-order valence-electron chi connectivity index (χ0n) is 11.6. The predicted octanol–water partition coefficient (Wildman–Crippen LogP) is 1.40. The highest BCUT2D eigenvalue weighted by molar-refractivity contribution is 7.16. The van der Waals surface area contributed by atoms with E-state index in [1.54, 1.807) is 10.8 Å². The fourth-order valence-corrected chi connectivity index (χ4v) is 2.89. The van der Waals surface area contributed by atoms with Gasteiger partial charge < -0.3 is 5.32 Å². The topological polar surface area (TPSA) is 72.2 Å². The van der Waals surface area contributed by atoms with Crippen molar-refractivity contribution in [3.8, 4) is 0 Å². The van der Waals surface area contributed by atoms with Crippen LogP contribution in [0.15, 0.2) is 30.6 Å². The lowest BCUT2D eigenvalue weighted by atomic mass is 10.1. The third-order valence-electron chi connectivity index (χ3n) is 3.04. The first-order chi connectivity index (χ1) is 10.2. The van der Waals surface area contributed by atoms with Crippen LogP contribution in [0.3, 0.4) is 0 Å². The van der Waals surface area contributed by atoms with E-state index in [9.17, 15) is 4.79 Å². The fourth-order valence-electron chi connectivity index (χ4n) is 2.08. The van der Waals surface area contributed by atoms with Gasteiger partial charge in [-0.15, -0.1) is 10.2 Å². The first-order valence-corrected chi connectivity index (χ1v) is 7.50. The third kappa shape index (κ3) is 3.43. The number of rotatable bonds is 5. The molecule has 1 aromatic carbocycles. The minimum absolute atomic E-state index is 0.0311. The molecule has 7 heteroatoms. The molecule has 0 radical (unpaired) electrons. The third-order valence-corrected chi connectivity index (χ3v) is 4.01. The van der Waals surface area contributed by atoms with Crippen molar-refractivity contribution < 1.29 is 4.79 Å². The van der Waals surface area contributed by atoms with E-state index in [0.29, 0.717) is 19.4 Å². The van der Waals surface area contributed by atoms with Crippen LogP contribution in [-0.2, 0) is 17.6 Å². The Labute approximate surface area is 125 Å². The van der Waals surface area contributed by atoms with Gasteiger partial charge in [0.2, 0.25) is 10.9 Å². The summed E-state index contributed by atoms with van der Waals surface area (Å²) in [7, 11) is 0. The average molecular weight is 301 g/mol. The van der Waals surface area contributed by atoms with Crippen molar-refractivity contribution in [2.45, 2.75) is 19.8 Å². The van der Waals surface area contributed by atoms with E-state index in [1.165, 1.54) is 16.9 Å². The second kappa shape index (κ2) is 6.01. The van der Waals surface area contributed by atoms with Gasteiger partial charge in [-0.25, -0.2) is 0 Å². The molecule has 0 aliphatic carbocycles. The Balaban J connectivity index is 1.48. The van der Waals surface area contributed by atoms with Crippen molar-refractivity contribution in [1.82, 2.24) is 25.1 Å². The standard InChI is InChI=1S/C14H15N5OS/c1-10-3-2-4-11(7-10)8-12(20)15-6-5-13-18-19-9-16-17-14(19)21-13/h2-4,7,9H,5-6,8H2,1H3,(H,15,20). The number of nitrogens with zero attached hydrogens (tertiary/aromatic N) is 4. The maximum absolute atomic E-state index is 11.9. The molecule has 6 nitrogen and oxygen atoms in total. The van der Waals surface area contributed by atoms with Crippen LogP contribution in [-0.4, -0.2) is 32.3 Å². The van der Waals surface area contributed by atoms with E-state index < -0.39 is 0 Å². The number of nitrogens with one attached hydrogen (secondary N) is 1. The molecule has 1 N–H and O–H groups in total. The molecule has 3 rings (SSSR count). The molecule has 0 saturated carbocycles. The Morgan fingerprint density at radius 3 is 3.14 bits per heavy atom. The molecule has 3 aromatic rings. The molecule has 0 aliphatic rings. The van der Waals surface area contributed by atoms with Gasteiger partial charge in [-0.3, -0.25) is 4.79 Å². The predicted molar refractivity (Wildman–Crippen MR) is 80.3 cm³/mol. The van der Waals surface area contributed by atoms with E-state index in [2.05, 4.69) is 20.6 Å². The molecule has 0 bridgehead atoms. The molecule has 2 aromatic heterocycles. The molecule has 0 saturated heterocycles. The van der Waals surface area contributed by atoms with Gasteiger partial charge >= 0.3 is 0 Å². The Hall–Kier alpha value is -2.28. The summed E-state index contributed by atoms with van der Waals surface area (Å²) in [6.07, 6.45) is 2.69. The van der Waals surface area contributed by atoms with E-state index in [-0.39, 0.29) is 5.91 Å². The molecular weight excluding hydrogens is 286 g/mol. The fraction of sp³-hybridized carbons (Fsp3) is 0.286. The lowest BCUT2D eigenvalue weighted by molar-refractivity contribution is -0.120. The summed E-state index contributed by atoms with van der Waals surface area (Å²) in [5, 5.41) is 15.9. The van der Waals surface area contributed by atoms with Crippen LogP contribution in [0, 0.1) is 6.92 Å². The van der Waals surface area contributed by atoms with Crippen LogP contribution >= 0.6 is 11.3 Å². The Kier molecular flexibility index (Phi) is 3.92. The van der Waals surface area contributed by atoms with Crippen molar-refractivity contribution in [1.29, 1.82) is 0 Å². The number of benzene rings is 1. The SMILES string of the molecule is Cc1cccc(CC(=O)NCCc2nn3cnnc3s2)c1. The van der Waals surface area contributed by atoms with Gasteiger partial charge in [0.25, 0.3) is 0 Å². The van der Waals surface area contributed by atoms with Crippen molar-refractivity contribution in [2.24, 2.45) is 0 Å². The van der Waals surface area contributed by atoms with Crippen LogP contribution in [0.4, 0.5) is 0 Å². The highest BCUT2D eigenvalue weighted by Gasteiger charge is 2.07. The second-order valence-electron chi connectivity index (χ2n) is 4.82. The van der Waals surface area contributed by atoms with Gasteiger partial charge in [0.1, 0.15) is 11.3 Å². The van der Waals surface area contributed by atoms with E-state index in [4.69, 9.17) is 0 Å². The molecule has 0 unspecified atom stereocenters. The van der Waals surface area contributed by atoms with E-state index in [0.717, 1.165) is 15.5 Å². The van der Waals surface area contributed by atoms with Crippen LogP contribution in [0.5, 0.6) is 0 Å². The summed E-state index contributed by atoms with van der Waals surface area (Å²) in [5.41, 5.74) is 2.20. The summed E-state index contributed by atoms with van der Waals surface area (Å²) in [4.78, 5) is 12.7. The first-order valence-electron chi connectivity index (χ1n) is 6.69. The summed E-state index contributed by atoms with van der Waals surface area (Å²) in [6.45, 7) is 2.60. The smallest absolute Gasteiger partial charge is 0.234 e. The van der Waals surface area contributed by atoms with Gasteiger partial charge in [0, 0.05) is 13.0 Å². The number of fused-ring (bicyclic) bond motifs is 1. The number of hydrogen-bond acceptors (Lipinski definition) is 5. The maximum atomic E-state index is 11.9. The minimum Gasteiger partial charge on any atom is -0.355 e. The van der Waals surface area contributed by atoms with Crippen molar-refractivity contribution in [2.75, 3.05) is 6.54 Å². The number of aromatic nitrogens is 4. The van der Waals surface area contributed by atoms with E-state index >= 15 is 0 Å². The molecule has 0 aliphatic heterocycles. The lowest BCUT2D eigenvalue weighted by Crippen LogP contribution is -2.27. The maximum Gasteiger partial charge on any atom is 0.234 e. The first kappa shape index (κ1) is 13.7. The Morgan fingerprint density at radius 1 is 1.43 bits per heavy atom. The molecule has 2 heterocycles. The van der Waals surface area contributed by atoms with Crippen LogP contribution in [0.25, 0.3) is 4.96 Å². The van der Waals surface area contributed by atoms with Gasteiger partial charge in [-0.2, -0.15) is 9.61 Å². The largest absolute Gasteiger partial charge is 0.355 e. The number of aryl methyl sites for hydroxylation is 1. The Morgan fingerprint density at radius 2 is 2.33 bits per heavy atom. The zero-order valence-corrected chi connectivity index (χ0v) is 12.4. The van der Waals surface area contributed by atoms with Crippen LogP contribution in [0.2, 0.25) is 0 Å². The van der Waals surface area contributed by atoms with Crippen LogP contribution in [0.1, 0.15) is 16.1 Å². The average Bonchev–Trinajstić information content (AvgIpc) is 2.99. The number of carbonyl (C=O) groups is 1. The summed E-state index contributed by atoms with van der Waals surface area (Å²) >= 11 is 1.49.